The standard InChI is InChI=1S/C20H30N2O3.ClH/c1-4-22(13-15-8-9-17(24-2)18(11-15)25-3)19(23)20-10-6-5-7-16(20)12-21-14-20;/h8-9,11,16,21H,4-7,10,12-14H2,1-3H3;1H/t16-,20+;/m0./s1. The first-order chi connectivity index (χ1) is 12.1. The number of nitrogens with zero attached hydrogens (tertiary/aromatic N) is 1. The van der Waals surface area contributed by atoms with Crippen LogP contribution in [-0.4, -0.2) is 44.7 Å². The van der Waals surface area contributed by atoms with E-state index in [0.29, 0.717) is 29.9 Å². The molecule has 0 bridgehead atoms. The minimum absolute atomic E-state index is 0. The van der Waals surface area contributed by atoms with Crippen LogP contribution in [0.1, 0.15) is 38.2 Å². The van der Waals surface area contributed by atoms with Crippen molar-refractivity contribution in [2.75, 3.05) is 33.9 Å². The van der Waals surface area contributed by atoms with Crippen LogP contribution >= 0.6 is 12.4 Å². The predicted molar refractivity (Wildman–Crippen MR) is 105 cm³/mol. The van der Waals surface area contributed by atoms with Crippen LogP contribution in [0.2, 0.25) is 0 Å². The second-order valence-corrected chi connectivity index (χ2v) is 7.24. The van der Waals surface area contributed by atoms with Gasteiger partial charge in [0.1, 0.15) is 0 Å². The number of nitrogens with one attached hydrogen (secondary N) is 1. The van der Waals surface area contributed by atoms with Crippen LogP contribution in [-0.2, 0) is 11.3 Å². The van der Waals surface area contributed by atoms with Gasteiger partial charge >= 0.3 is 0 Å². The van der Waals surface area contributed by atoms with Crippen LogP contribution in [0.5, 0.6) is 11.5 Å². The van der Waals surface area contributed by atoms with Gasteiger partial charge in [0.25, 0.3) is 0 Å². The summed E-state index contributed by atoms with van der Waals surface area (Å²) < 4.78 is 10.7. The van der Waals surface area contributed by atoms with Gasteiger partial charge in [-0.2, -0.15) is 0 Å². The normalized spacial score (nSPS) is 24.3. The maximum absolute atomic E-state index is 13.4. The van der Waals surface area contributed by atoms with E-state index in [4.69, 9.17) is 9.47 Å². The van der Waals surface area contributed by atoms with Crippen molar-refractivity contribution < 1.29 is 14.3 Å². The van der Waals surface area contributed by atoms with E-state index in [2.05, 4.69) is 12.2 Å². The minimum atomic E-state index is -0.190. The molecule has 1 amide bonds. The van der Waals surface area contributed by atoms with Gasteiger partial charge in [0, 0.05) is 19.6 Å². The second kappa shape index (κ2) is 8.96. The molecule has 2 aliphatic rings. The van der Waals surface area contributed by atoms with E-state index in [1.807, 2.05) is 23.1 Å². The highest BCUT2D eigenvalue weighted by Gasteiger charge is 2.51. The molecule has 1 heterocycles. The highest BCUT2D eigenvalue weighted by Crippen LogP contribution is 2.45. The molecule has 0 radical (unpaired) electrons. The van der Waals surface area contributed by atoms with Crippen molar-refractivity contribution in [3.63, 3.8) is 0 Å². The van der Waals surface area contributed by atoms with E-state index in [1.54, 1.807) is 14.2 Å². The Hall–Kier alpha value is -1.46. The van der Waals surface area contributed by atoms with Crippen molar-refractivity contribution in [1.82, 2.24) is 10.2 Å². The van der Waals surface area contributed by atoms with Gasteiger partial charge in [-0.05, 0) is 49.9 Å². The zero-order chi connectivity index (χ0) is 17.9. The van der Waals surface area contributed by atoms with Gasteiger partial charge in [0.05, 0.1) is 19.6 Å². The molecule has 1 N–H and O–H groups in total. The third-order valence-electron chi connectivity index (χ3n) is 5.95. The summed E-state index contributed by atoms with van der Waals surface area (Å²) >= 11 is 0. The first-order valence-electron chi connectivity index (χ1n) is 9.35. The molecule has 26 heavy (non-hydrogen) atoms. The Bertz CT molecular complexity index is 625. The maximum Gasteiger partial charge on any atom is 0.230 e. The van der Waals surface area contributed by atoms with E-state index in [1.165, 1.54) is 12.8 Å². The molecular formula is C20H31ClN2O3. The lowest BCUT2D eigenvalue weighted by Gasteiger charge is -2.40. The van der Waals surface area contributed by atoms with Gasteiger partial charge in [-0.3, -0.25) is 4.79 Å². The molecule has 1 saturated heterocycles. The number of halogens is 1. The summed E-state index contributed by atoms with van der Waals surface area (Å²) in [7, 11) is 3.27. The first-order valence-corrected chi connectivity index (χ1v) is 9.35. The molecule has 2 fully saturated rings. The molecule has 0 aromatic heterocycles. The Labute approximate surface area is 162 Å². The summed E-state index contributed by atoms with van der Waals surface area (Å²) in [6.45, 7) is 5.22. The zero-order valence-electron chi connectivity index (χ0n) is 16.0. The number of hydrogen-bond donors (Lipinski definition) is 1. The molecule has 146 valence electrons. The monoisotopic (exact) mass is 382 g/mol. The molecule has 1 aliphatic carbocycles. The number of rotatable bonds is 6. The van der Waals surface area contributed by atoms with Crippen molar-refractivity contribution in [3.05, 3.63) is 23.8 Å². The number of carbonyl (C=O) groups is 1. The smallest absolute Gasteiger partial charge is 0.230 e. The Kier molecular flexibility index (Phi) is 7.18. The van der Waals surface area contributed by atoms with Gasteiger partial charge in [0.2, 0.25) is 5.91 Å². The lowest BCUT2D eigenvalue weighted by molar-refractivity contribution is -0.145. The molecule has 6 heteroatoms. The van der Waals surface area contributed by atoms with Crippen molar-refractivity contribution in [2.45, 2.75) is 39.2 Å². The Balaban J connectivity index is 0.00000243. The minimum Gasteiger partial charge on any atom is -0.493 e. The van der Waals surface area contributed by atoms with Crippen LogP contribution < -0.4 is 14.8 Å². The van der Waals surface area contributed by atoms with E-state index in [9.17, 15) is 4.79 Å². The zero-order valence-corrected chi connectivity index (χ0v) is 16.9. The molecule has 1 saturated carbocycles. The number of hydrogen-bond acceptors (Lipinski definition) is 4. The second-order valence-electron chi connectivity index (χ2n) is 7.24. The van der Waals surface area contributed by atoms with E-state index in [0.717, 1.165) is 38.0 Å². The van der Waals surface area contributed by atoms with Gasteiger partial charge in [-0.1, -0.05) is 18.9 Å². The molecule has 0 unspecified atom stereocenters. The molecule has 1 aromatic rings. The van der Waals surface area contributed by atoms with Crippen LogP contribution in [0.25, 0.3) is 0 Å². The van der Waals surface area contributed by atoms with Crippen LogP contribution in [0, 0.1) is 11.3 Å². The average molecular weight is 383 g/mol. The number of carbonyl (C=O) groups excluding carboxylic acids is 1. The fourth-order valence-electron chi connectivity index (χ4n) is 4.51. The fraction of sp³-hybridized carbons (Fsp3) is 0.650. The van der Waals surface area contributed by atoms with Crippen LogP contribution in [0.3, 0.4) is 0 Å². The third kappa shape index (κ3) is 3.79. The molecule has 3 rings (SSSR count). The number of methoxy groups -OCH3 is 2. The lowest BCUT2D eigenvalue weighted by atomic mass is 9.67. The maximum atomic E-state index is 13.4. The molecular weight excluding hydrogens is 352 g/mol. The fourth-order valence-corrected chi connectivity index (χ4v) is 4.51. The molecule has 1 aliphatic heterocycles. The van der Waals surface area contributed by atoms with Gasteiger partial charge < -0.3 is 19.7 Å². The highest BCUT2D eigenvalue weighted by molar-refractivity contribution is 5.85. The summed E-state index contributed by atoms with van der Waals surface area (Å²) in [5.74, 6) is 2.24. The molecule has 0 spiro atoms. The number of benzene rings is 1. The topological polar surface area (TPSA) is 50.8 Å². The van der Waals surface area contributed by atoms with Crippen molar-refractivity contribution >= 4 is 18.3 Å². The Morgan fingerprint density at radius 2 is 2.04 bits per heavy atom. The van der Waals surface area contributed by atoms with Crippen LogP contribution in [0.4, 0.5) is 0 Å². The molecule has 1 aromatic carbocycles. The van der Waals surface area contributed by atoms with Crippen molar-refractivity contribution in [2.24, 2.45) is 11.3 Å². The van der Waals surface area contributed by atoms with Gasteiger partial charge in [-0.25, -0.2) is 0 Å². The molecule has 2 atom stereocenters. The van der Waals surface area contributed by atoms with E-state index in [-0.39, 0.29) is 17.8 Å². The number of amides is 1. The summed E-state index contributed by atoms with van der Waals surface area (Å²) in [6.07, 6.45) is 4.61. The third-order valence-corrected chi connectivity index (χ3v) is 5.95. The molecule has 5 nitrogen and oxygen atoms in total. The predicted octanol–water partition coefficient (Wildman–Crippen LogP) is 3.25. The number of ether oxygens (including phenoxy) is 2. The highest BCUT2D eigenvalue weighted by atomic mass is 35.5. The average Bonchev–Trinajstić information content (AvgIpc) is 3.10. The van der Waals surface area contributed by atoms with Crippen LogP contribution in [0.15, 0.2) is 18.2 Å². The lowest BCUT2D eigenvalue weighted by Crippen LogP contribution is -2.49. The summed E-state index contributed by atoms with van der Waals surface area (Å²) in [5, 5.41) is 3.48. The van der Waals surface area contributed by atoms with E-state index < -0.39 is 0 Å². The summed E-state index contributed by atoms with van der Waals surface area (Å²) in [4.78, 5) is 15.5. The Morgan fingerprint density at radius 3 is 2.73 bits per heavy atom. The van der Waals surface area contributed by atoms with E-state index >= 15 is 0 Å². The summed E-state index contributed by atoms with van der Waals surface area (Å²) in [6, 6.07) is 5.89. The van der Waals surface area contributed by atoms with Crippen molar-refractivity contribution in [3.8, 4) is 11.5 Å². The largest absolute Gasteiger partial charge is 0.493 e. The van der Waals surface area contributed by atoms with Crippen molar-refractivity contribution in [1.29, 1.82) is 0 Å². The number of fused-ring (bicyclic) bond motifs is 1. The SMILES string of the molecule is CCN(Cc1ccc(OC)c(OC)c1)C(=O)[C@@]12CCCC[C@H]1CNC2.Cl. The Morgan fingerprint density at radius 1 is 1.27 bits per heavy atom. The summed E-state index contributed by atoms with van der Waals surface area (Å²) in [5.41, 5.74) is 0.882. The quantitative estimate of drug-likeness (QED) is 0.820. The first kappa shape index (κ1) is 20.8. The van der Waals surface area contributed by atoms with Gasteiger partial charge in [-0.15, -0.1) is 12.4 Å². The van der Waals surface area contributed by atoms with Gasteiger partial charge in [0.15, 0.2) is 11.5 Å².